The minimum absolute atomic E-state index is 0.600. The maximum Gasteiger partial charge on any atom is 0.164 e. The summed E-state index contributed by atoms with van der Waals surface area (Å²) in [6.07, 6.45) is 0. The molecular weight excluding hydrogens is 1360 g/mol. The molecule has 524 valence electrons. The molecule has 0 N–H and O–H groups in total. The molecule has 0 radical (unpaired) electrons. The minimum Gasteiger partial charge on any atom is -0.308 e. The van der Waals surface area contributed by atoms with Crippen LogP contribution in [0.25, 0.3) is 201 Å². The zero-order valence-electron chi connectivity index (χ0n) is 60.7. The molecule has 0 saturated carbocycles. The highest BCUT2D eigenvalue weighted by molar-refractivity contribution is 6.24. The van der Waals surface area contributed by atoms with Gasteiger partial charge in [0.2, 0.25) is 0 Å². The van der Waals surface area contributed by atoms with Crippen LogP contribution in [0.15, 0.2) is 406 Å². The minimum atomic E-state index is 0.600. The van der Waals surface area contributed by atoms with Crippen molar-refractivity contribution in [1.82, 2.24) is 44.0 Å². The molecule has 0 unspecified atom stereocenters. The van der Waals surface area contributed by atoms with Crippen LogP contribution in [0.3, 0.4) is 0 Å². The number of hydrogen-bond donors (Lipinski definition) is 0. The standard InChI is InChI=1S/C54H35N5.C49H32N4/c1-4-15-36(16-5-1)38-27-31-41(32-28-38)52-56-53(42-33-29-39(30-34-42)37-17-6-2-7-18-37)58-54(57-52)43-21-14-22-44(35-43)59-48-26-13-11-24-46(48)49-50(40-19-8-3-9-20-40)55-47-25-12-10-23-45(47)51(49)59;1-4-15-33(16-5-1)34-27-29-36(30-28-34)44-32-43(35-17-6-2-7-18-35)51-49(52-44)38-21-14-22-39(31-38)53-45-26-13-11-24-41(45)46-47(37-19-8-3-9-20-37)50-42-25-12-10-23-40(42)48(46)53/h1-35H;1-32H. The van der Waals surface area contributed by atoms with E-state index in [1.54, 1.807) is 0 Å². The normalized spacial score (nSPS) is 11.4. The Morgan fingerprint density at radius 2 is 0.438 bits per heavy atom. The van der Waals surface area contributed by atoms with E-state index in [9.17, 15) is 0 Å². The summed E-state index contributed by atoms with van der Waals surface area (Å²) in [6.45, 7) is 0. The van der Waals surface area contributed by atoms with Gasteiger partial charge in [-0.3, -0.25) is 0 Å². The van der Waals surface area contributed by atoms with E-state index < -0.39 is 0 Å². The molecule has 0 aliphatic rings. The van der Waals surface area contributed by atoms with E-state index in [1.807, 2.05) is 30.3 Å². The van der Waals surface area contributed by atoms with Crippen molar-refractivity contribution < 1.29 is 0 Å². The Morgan fingerprint density at radius 3 is 0.821 bits per heavy atom. The van der Waals surface area contributed by atoms with Crippen molar-refractivity contribution in [2.75, 3.05) is 0 Å². The van der Waals surface area contributed by atoms with Gasteiger partial charge >= 0.3 is 0 Å². The number of aromatic nitrogens is 9. The molecule has 9 heteroatoms. The second kappa shape index (κ2) is 28.8. The van der Waals surface area contributed by atoms with Crippen LogP contribution in [0.1, 0.15) is 0 Å². The molecule has 0 aliphatic carbocycles. The molecule has 0 spiro atoms. The lowest BCUT2D eigenvalue weighted by Gasteiger charge is -2.14. The lowest BCUT2D eigenvalue weighted by molar-refractivity contribution is 1.07. The lowest BCUT2D eigenvalue weighted by atomic mass is 10.0. The van der Waals surface area contributed by atoms with Gasteiger partial charge in [0.25, 0.3) is 0 Å². The first kappa shape index (κ1) is 66.3. The highest BCUT2D eigenvalue weighted by Gasteiger charge is 2.25. The number of nitrogens with zero attached hydrogens (tertiary/aromatic N) is 9. The van der Waals surface area contributed by atoms with Crippen molar-refractivity contribution in [2.24, 2.45) is 0 Å². The molecule has 0 fully saturated rings. The van der Waals surface area contributed by atoms with E-state index >= 15 is 0 Å². The smallest absolute Gasteiger partial charge is 0.164 e. The summed E-state index contributed by atoms with van der Waals surface area (Å²) in [5.74, 6) is 2.50. The molecule has 6 aromatic heterocycles. The van der Waals surface area contributed by atoms with Crippen LogP contribution < -0.4 is 0 Å². The molecule has 0 amide bonds. The average Bonchev–Trinajstić information content (AvgIpc) is 1.54. The first-order valence-corrected chi connectivity index (χ1v) is 37.7. The lowest BCUT2D eigenvalue weighted by Crippen LogP contribution is -2.01. The van der Waals surface area contributed by atoms with Gasteiger partial charge in [0.15, 0.2) is 23.3 Å². The fraction of sp³-hybridized carbons (Fsp3) is 0. The third kappa shape index (κ3) is 12.5. The number of rotatable bonds is 13. The van der Waals surface area contributed by atoms with Crippen LogP contribution in [0.2, 0.25) is 0 Å². The number of hydrogen-bond acceptors (Lipinski definition) is 7. The highest BCUT2D eigenvalue weighted by atomic mass is 15.0. The molecule has 21 aromatic rings. The van der Waals surface area contributed by atoms with Crippen LogP contribution in [0.5, 0.6) is 0 Å². The predicted molar refractivity (Wildman–Crippen MR) is 461 cm³/mol. The van der Waals surface area contributed by atoms with Crippen molar-refractivity contribution >= 4 is 65.4 Å². The van der Waals surface area contributed by atoms with Crippen molar-refractivity contribution in [3.05, 3.63) is 406 Å². The summed E-state index contributed by atoms with van der Waals surface area (Å²) in [5, 5.41) is 6.76. The Balaban J connectivity index is 0.000000147. The Labute approximate surface area is 647 Å². The van der Waals surface area contributed by atoms with E-state index in [1.165, 1.54) is 11.1 Å². The number of benzene rings is 15. The fourth-order valence-corrected chi connectivity index (χ4v) is 15.7. The zero-order chi connectivity index (χ0) is 74.3. The van der Waals surface area contributed by atoms with E-state index in [0.29, 0.717) is 23.3 Å². The Morgan fingerprint density at radius 1 is 0.170 bits per heavy atom. The Kier molecular flexibility index (Phi) is 17.1. The van der Waals surface area contributed by atoms with E-state index in [-0.39, 0.29) is 0 Å². The quantitative estimate of drug-likeness (QED) is 0.113. The predicted octanol–water partition coefficient (Wildman–Crippen LogP) is 26.0. The fourth-order valence-electron chi connectivity index (χ4n) is 15.7. The maximum absolute atomic E-state index is 5.28. The van der Waals surface area contributed by atoms with E-state index in [2.05, 4.69) is 385 Å². The van der Waals surface area contributed by atoms with Crippen LogP contribution >= 0.6 is 0 Å². The highest BCUT2D eigenvalue weighted by Crippen LogP contribution is 2.45. The van der Waals surface area contributed by atoms with Crippen LogP contribution in [-0.2, 0) is 0 Å². The zero-order valence-corrected chi connectivity index (χ0v) is 60.7. The summed E-state index contributed by atoms with van der Waals surface area (Å²) in [7, 11) is 0. The third-order valence-corrected chi connectivity index (χ3v) is 21.0. The first-order chi connectivity index (χ1) is 55.5. The second-order valence-electron chi connectivity index (χ2n) is 27.9. The summed E-state index contributed by atoms with van der Waals surface area (Å²) in [6, 6.07) is 142. The Bertz CT molecular complexity index is 6950. The van der Waals surface area contributed by atoms with Crippen molar-refractivity contribution in [3.8, 4) is 135 Å². The van der Waals surface area contributed by atoms with Crippen molar-refractivity contribution in [2.45, 2.75) is 0 Å². The van der Waals surface area contributed by atoms with Gasteiger partial charge in [0, 0.05) is 88.2 Å². The van der Waals surface area contributed by atoms with Gasteiger partial charge < -0.3 is 9.13 Å². The van der Waals surface area contributed by atoms with Crippen molar-refractivity contribution in [1.29, 1.82) is 0 Å². The van der Waals surface area contributed by atoms with Gasteiger partial charge in [0.1, 0.15) is 0 Å². The molecule has 21 rings (SSSR count). The van der Waals surface area contributed by atoms with Crippen LogP contribution in [0, 0.1) is 0 Å². The van der Waals surface area contributed by atoms with E-state index in [0.717, 1.165) is 166 Å². The third-order valence-electron chi connectivity index (χ3n) is 21.0. The van der Waals surface area contributed by atoms with Crippen LogP contribution in [0.4, 0.5) is 0 Å². The SMILES string of the molecule is c1ccc(-c2ccc(-c3cc(-c4ccccc4)nc(-c4cccc(-n5c6ccccc6c6c(-c7ccccc7)nc7ccccc7c65)c4)n3)cc2)cc1.c1ccc(-c2ccc(-c3nc(-c4ccc(-c5ccccc5)cc4)nc(-c4cccc(-n5c6ccccc6c6c(-c7ccccc7)nc7ccccc7c65)c4)n3)cc2)cc1. The molecule has 15 aromatic carbocycles. The van der Waals surface area contributed by atoms with Gasteiger partial charge in [-0.1, -0.05) is 352 Å². The van der Waals surface area contributed by atoms with Crippen molar-refractivity contribution in [3.63, 3.8) is 0 Å². The summed E-state index contributed by atoms with van der Waals surface area (Å²) < 4.78 is 4.76. The van der Waals surface area contributed by atoms with Gasteiger partial charge in [-0.15, -0.1) is 0 Å². The maximum atomic E-state index is 5.28. The number of fused-ring (bicyclic) bond motifs is 10. The monoisotopic (exact) mass is 1430 g/mol. The molecule has 0 bridgehead atoms. The molecule has 0 aliphatic heterocycles. The van der Waals surface area contributed by atoms with E-state index in [4.69, 9.17) is 34.9 Å². The van der Waals surface area contributed by atoms with Gasteiger partial charge in [-0.05, 0) is 88.0 Å². The molecule has 112 heavy (non-hydrogen) atoms. The van der Waals surface area contributed by atoms with Gasteiger partial charge in [0.05, 0.1) is 55.9 Å². The summed E-state index contributed by atoms with van der Waals surface area (Å²) in [4.78, 5) is 36.4. The first-order valence-electron chi connectivity index (χ1n) is 37.7. The second-order valence-corrected chi connectivity index (χ2v) is 27.9. The Hall–Kier alpha value is -15.2. The molecule has 9 nitrogen and oxygen atoms in total. The molecule has 0 saturated heterocycles. The molecule has 6 heterocycles. The summed E-state index contributed by atoms with van der Waals surface area (Å²) in [5.41, 5.74) is 27.0. The largest absolute Gasteiger partial charge is 0.308 e. The number of para-hydroxylation sites is 4. The topological polar surface area (TPSA) is 100 Å². The van der Waals surface area contributed by atoms with Gasteiger partial charge in [-0.25, -0.2) is 34.9 Å². The number of pyridine rings is 2. The average molecular weight is 1430 g/mol. The summed E-state index contributed by atoms with van der Waals surface area (Å²) >= 11 is 0. The van der Waals surface area contributed by atoms with Crippen LogP contribution in [-0.4, -0.2) is 44.0 Å². The molecule has 0 atom stereocenters. The van der Waals surface area contributed by atoms with Gasteiger partial charge in [-0.2, -0.15) is 0 Å². The molecular formula is C103H67N9.